The molecule has 0 aliphatic carbocycles. The molecule has 0 atom stereocenters. The molecule has 1 N–H and O–H groups in total. The van der Waals surface area contributed by atoms with Crippen LogP contribution in [0.3, 0.4) is 0 Å². The number of anilines is 1. The van der Waals surface area contributed by atoms with Crippen LogP contribution in [0, 0.1) is 0 Å². The second kappa shape index (κ2) is 6.06. The summed E-state index contributed by atoms with van der Waals surface area (Å²) in [4.78, 5) is 7.16. The van der Waals surface area contributed by atoms with E-state index >= 15 is 0 Å². The molecule has 2 heterocycles. The molecule has 0 radical (unpaired) electrons. The van der Waals surface area contributed by atoms with Gasteiger partial charge >= 0.3 is 0 Å². The van der Waals surface area contributed by atoms with Gasteiger partial charge < -0.3 is 10.2 Å². The molecule has 1 aliphatic heterocycles. The summed E-state index contributed by atoms with van der Waals surface area (Å²) in [6.07, 6.45) is 2.21. The maximum Gasteiger partial charge on any atom is 0.128 e. The lowest BCUT2D eigenvalue weighted by molar-refractivity contribution is 0.761. The van der Waals surface area contributed by atoms with Crippen molar-refractivity contribution < 1.29 is 0 Å². The van der Waals surface area contributed by atoms with Crippen LogP contribution >= 0.6 is 0 Å². The molecule has 1 aromatic heterocycles. The van der Waals surface area contributed by atoms with E-state index in [0.717, 1.165) is 44.0 Å². The van der Waals surface area contributed by atoms with E-state index in [9.17, 15) is 0 Å². The van der Waals surface area contributed by atoms with Gasteiger partial charge in [0.25, 0.3) is 0 Å². The molecule has 2 aromatic rings. The lowest BCUT2D eigenvalue weighted by Crippen LogP contribution is -2.27. The molecule has 1 aromatic carbocycles. The maximum atomic E-state index is 4.75. The van der Waals surface area contributed by atoms with Gasteiger partial charge in [0.2, 0.25) is 0 Å². The smallest absolute Gasteiger partial charge is 0.128 e. The van der Waals surface area contributed by atoms with Crippen LogP contribution in [0.15, 0.2) is 42.5 Å². The van der Waals surface area contributed by atoms with Crippen molar-refractivity contribution in [2.75, 3.05) is 25.0 Å². The van der Waals surface area contributed by atoms with Gasteiger partial charge in [0.1, 0.15) is 5.82 Å². The molecule has 0 saturated heterocycles. The normalized spacial score (nSPS) is 14.8. The van der Waals surface area contributed by atoms with E-state index in [0.29, 0.717) is 0 Å². The van der Waals surface area contributed by atoms with Crippen LogP contribution in [0.2, 0.25) is 0 Å². The first-order chi connectivity index (χ1) is 9.86. The van der Waals surface area contributed by atoms with Crippen molar-refractivity contribution in [1.29, 1.82) is 0 Å². The standard InChI is InChI=1S/C17H21N3/c1-18-13-16-7-4-8-17(19-16)20-11-9-14-5-2-3-6-15(14)10-12-20/h2-8,18H,9-13H2,1H3. The SMILES string of the molecule is CNCc1cccc(N2CCc3ccccc3CC2)n1. The number of rotatable bonds is 3. The van der Waals surface area contributed by atoms with Gasteiger partial charge in [-0.1, -0.05) is 30.3 Å². The van der Waals surface area contributed by atoms with Crippen molar-refractivity contribution in [3.63, 3.8) is 0 Å². The zero-order valence-corrected chi connectivity index (χ0v) is 12.0. The number of benzene rings is 1. The van der Waals surface area contributed by atoms with Crippen LogP contribution in [-0.2, 0) is 19.4 Å². The average molecular weight is 267 g/mol. The molecule has 0 fully saturated rings. The number of hydrogen-bond acceptors (Lipinski definition) is 3. The summed E-state index contributed by atoms with van der Waals surface area (Å²) >= 11 is 0. The first-order valence-electron chi connectivity index (χ1n) is 7.29. The molecule has 3 heteroatoms. The third kappa shape index (κ3) is 2.83. The van der Waals surface area contributed by atoms with Gasteiger partial charge in [-0.3, -0.25) is 0 Å². The molecule has 3 rings (SSSR count). The van der Waals surface area contributed by atoms with Crippen molar-refractivity contribution in [2.45, 2.75) is 19.4 Å². The van der Waals surface area contributed by atoms with E-state index in [4.69, 9.17) is 4.98 Å². The zero-order chi connectivity index (χ0) is 13.8. The fraction of sp³-hybridized carbons (Fsp3) is 0.353. The van der Waals surface area contributed by atoms with Gasteiger partial charge in [-0.05, 0) is 43.1 Å². The maximum absolute atomic E-state index is 4.75. The average Bonchev–Trinajstić information content (AvgIpc) is 2.70. The summed E-state index contributed by atoms with van der Waals surface area (Å²) < 4.78 is 0. The quantitative estimate of drug-likeness (QED) is 0.925. The Morgan fingerprint density at radius 2 is 1.70 bits per heavy atom. The molecular formula is C17H21N3. The number of fused-ring (bicyclic) bond motifs is 1. The highest BCUT2D eigenvalue weighted by molar-refractivity contribution is 5.42. The second-order valence-corrected chi connectivity index (χ2v) is 5.27. The van der Waals surface area contributed by atoms with E-state index in [2.05, 4.69) is 52.7 Å². The molecule has 0 unspecified atom stereocenters. The Morgan fingerprint density at radius 1 is 1.00 bits per heavy atom. The van der Waals surface area contributed by atoms with Crippen LogP contribution in [-0.4, -0.2) is 25.1 Å². The fourth-order valence-electron chi connectivity index (χ4n) is 2.82. The summed E-state index contributed by atoms with van der Waals surface area (Å²) in [5.41, 5.74) is 4.08. The van der Waals surface area contributed by atoms with Crippen LogP contribution in [0.5, 0.6) is 0 Å². The molecule has 0 saturated carbocycles. The van der Waals surface area contributed by atoms with Crippen LogP contribution < -0.4 is 10.2 Å². The predicted molar refractivity (Wildman–Crippen MR) is 83.1 cm³/mol. The van der Waals surface area contributed by atoms with E-state index in [1.807, 2.05) is 7.05 Å². The third-order valence-electron chi connectivity index (χ3n) is 3.89. The minimum Gasteiger partial charge on any atom is -0.356 e. The summed E-state index contributed by atoms with van der Waals surface area (Å²) in [5, 5.41) is 3.16. The second-order valence-electron chi connectivity index (χ2n) is 5.27. The Bertz CT molecular complexity index is 553. The molecule has 0 amide bonds. The van der Waals surface area contributed by atoms with Crippen molar-refractivity contribution in [1.82, 2.24) is 10.3 Å². The lowest BCUT2D eigenvalue weighted by Gasteiger charge is -2.21. The number of nitrogens with zero attached hydrogens (tertiary/aromatic N) is 2. The molecule has 104 valence electrons. The molecule has 1 aliphatic rings. The van der Waals surface area contributed by atoms with E-state index < -0.39 is 0 Å². The van der Waals surface area contributed by atoms with Gasteiger partial charge in [0, 0.05) is 19.6 Å². The summed E-state index contributed by atoms with van der Waals surface area (Å²) in [7, 11) is 1.96. The van der Waals surface area contributed by atoms with Crippen molar-refractivity contribution in [3.8, 4) is 0 Å². The third-order valence-corrected chi connectivity index (χ3v) is 3.89. The number of hydrogen-bond donors (Lipinski definition) is 1. The topological polar surface area (TPSA) is 28.2 Å². The Morgan fingerprint density at radius 3 is 2.35 bits per heavy atom. The fourth-order valence-corrected chi connectivity index (χ4v) is 2.82. The van der Waals surface area contributed by atoms with Crippen molar-refractivity contribution in [3.05, 3.63) is 59.3 Å². The predicted octanol–water partition coefficient (Wildman–Crippen LogP) is 2.41. The van der Waals surface area contributed by atoms with E-state index in [-0.39, 0.29) is 0 Å². The highest BCUT2D eigenvalue weighted by Gasteiger charge is 2.14. The molecule has 20 heavy (non-hydrogen) atoms. The largest absolute Gasteiger partial charge is 0.356 e. The number of nitrogens with one attached hydrogen (secondary N) is 1. The Balaban J connectivity index is 1.78. The Kier molecular flexibility index (Phi) is 3.97. The van der Waals surface area contributed by atoms with Crippen LogP contribution in [0.25, 0.3) is 0 Å². The first kappa shape index (κ1) is 13.1. The molecular weight excluding hydrogens is 246 g/mol. The lowest BCUT2D eigenvalue weighted by atomic mass is 10.0. The van der Waals surface area contributed by atoms with Gasteiger partial charge in [-0.15, -0.1) is 0 Å². The highest BCUT2D eigenvalue weighted by Crippen LogP contribution is 2.19. The number of aromatic nitrogens is 1. The van der Waals surface area contributed by atoms with E-state index in [1.165, 1.54) is 11.1 Å². The zero-order valence-electron chi connectivity index (χ0n) is 12.0. The van der Waals surface area contributed by atoms with Crippen molar-refractivity contribution >= 4 is 5.82 Å². The molecule has 0 spiro atoms. The van der Waals surface area contributed by atoms with Gasteiger partial charge in [0.15, 0.2) is 0 Å². The minimum atomic E-state index is 0.821. The Hall–Kier alpha value is -1.87. The van der Waals surface area contributed by atoms with Crippen LogP contribution in [0.1, 0.15) is 16.8 Å². The van der Waals surface area contributed by atoms with E-state index in [1.54, 1.807) is 0 Å². The Labute approximate surface area is 120 Å². The molecule has 3 nitrogen and oxygen atoms in total. The first-order valence-corrected chi connectivity index (χ1v) is 7.29. The number of pyridine rings is 1. The monoisotopic (exact) mass is 267 g/mol. The van der Waals surface area contributed by atoms with Gasteiger partial charge in [-0.2, -0.15) is 0 Å². The highest BCUT2D eigenvalue weighted by atomic mass is 15.2. The minimum absolute atomic E-state index is 0.821. The van der Waals surface area contributed by atoms with Gasteiger partial charge in [-0.25, -0.2) is 4.98 Å². The summed E-state index contributed by atoms with van der Waals surface area (Å²) in [6, 6.07) is 15.1. The van der Waals surface area contributed by atoms with Crippen LogP contribution in [0.4, 0.5) is 5.82 Å². The summed E-state index contributed by atoms with van der Waals surface area (Å²) in [5.74, 6) is 1.10. The van der Waals surface area contributed by atoms with Crippen molar-refractivity contribution in [2.24, 2.45) is 0 Å². The molecule has 0 bridgehead atoms. The summed E-state index contributed by atoms with van der Waals surface area (Å²) in [6.45, 7) is 2.92. The van der Waals surface area contributed by atoms with Gasteiger partial charge in [0.05, 0.1) is 5.69 Å².